The number of carboxylic acids is 1. The van der Waals surface area contributed by atoms with Crippen molar-refractivity contribution in [1.29, 1.82) is 0 Å². The Balaban J connectivity index is 1.88. The van der Waals surface area contributed by atoms with Crippen LogP contribution < -0.4 is 5.32 Å². The zero-order valence-electron chi connectivity index (χ0n) is 11.8. The summed E-state index contributed by atoms with van der Waals surface area (Å²) in [4.78, 5) is 10.7. The lowest BCUT2D eigenvalue weighted by Gasteiger charge is -2.29. The second kappa shape index (κ2) is 6.09. The van der Waals surface area contributed by atoms with Crippen LogP contribution in [0, 0.1) is 19.8 Å². The predicted octanol–water partition coefficient (Wildman–Crippen LogP) is 3.75. The smallest absolute Gasteiger partial charge is 0.303 e. The summed E-state index contributed by atoms with van der Waals surface area (Å²) in [5.41, 5.74) is 3.77. The highest BCUT2D eigenvalue weighted by Crippen LogP contribution is 2.29. The van der Waals surface area contributed by atoms with Gasteiger partial charge in [-0.15, -0.1) is 0 Å². The van der Waals surface area contributed by atoms with Crippen molar-refractivity contribution in [2.45, 2.75) is 52.0 Å². The van der Waals surface area contributed by atoms with Crippen LogP contribution in [0.1, 0.15) is 43.2 Å². The number of anilines is 1. The molecule has 0 atom stereocenters. The molecule has 1 fully saturated rings. The number of hydrogen-bond acceptors (Lipinski definition) is 2. The molecule has 1 aliphatic carbocycles. The molecule has 0 spiro atoms. The molecule has 104 valence electrons. The fourth-order valence-corrected chi connectivity index (χ4v) is 2.87. The maximum Gasteiger partial charge on any atom is 0.303 e. The Kier molecular flexibility index (Phi) is 4.46. The maximum atomic E-state index is 10.7. The molecule has 3 nitrogen and oxygen atoms in total. The average molecular weight is 261 g/mol. The van der Waals surface area contributed by atoms with E-state index < -0.39 is 5.97 Å². The van der Waals surface area contributed by atoms with Crippen molar-refractivity contribution < 1.29 is 9.90 Å². The topological polar surface area (TPSA) is 49.3 Å². The van der Waals surface area contributed by atoms with Gasteiger partial charge >= 0.3 is 5.97 Å². The molecule has 0 bridgehead atoms. The summed E-state index contributed by atoms with van der Waals surface area (Å²) in [6, 6.07) is 6.96. The largest absolute Gasteiger partial charge is 0.481 e. The molecular weight excluding hydrogens is 238 g/mol. The van der Waals surface area contributed by atoms with E-state index in [1.54, 1.807) is 0 Å². The molecular formula is C16H23NO2. The number of hydrogen-bond donors (Lipinski definition) is 2. The van der Waals surface area contributed by atoms with Crippen LogP contribution in [0.3, 0.4) is 0 Å². The fourth-order valence-electron chi connectivity index (χ4n) is 2.87. The number of aliphatic carboxylic acids is 1. The molecule has 1 aliphatic rings. The molecule has 0 amide bonds. The van der Waals surface area contributed by atoms with Crippen LogP contribution in [0.2, 0.25) is 0 Å². The van der Waals surface area contributed by atoms with Gasteiger partial charge in [-0.05, 0) is 62.6 Å². The highest BCUT2D eigenvalue weighted by molar-refractivity contribution is 5.67. The molecule has 1 aromatic rings. The minimum absolute atomic E-state index is 0.330. The van der Waals surface area contributed by atoms with Crippen LogP contribution in [0.15, 0.2) is 18.2 Å². The molecule has 0 unspecified atom stereocenters. The van der Waals surface area contributed by atoms with Crippen LogP contribution in [-0.2, 0) is 4.79 Å². The van der Waals surface area contributed by atoms with E-state index in [2.05, 4.69) is 37.4 Å². The van der Waals surface area contributed by atoms with Gasteiger partial charge < -0.3 is 10.4 Å². The third-order valence-corrected chi connectivity index (χ3v) is 4.06. The number of rotatable bonds is 4. The number of carbonyl (C=O) groups is 1. The number of carboxylic acid groups (broad SMARTS) is 1. The van der Waals surface area contributed by atoms with Crippen molar-refractivity contribution in [3.63, 3.8) is 0 Å². The number of benzene rings is 1. The van der Waals surface area contributed by atoms with Gasteiger partial charge in [-0.3, -0.25) is 4.79 Å². The van der Waals surface area contributed by atoms with E-state index in [0.29, 0.717) is 18.4 Å². The van der Waals surface area contributed by atoms with E-state index in [9.17, 15) is 4.79 Å². The maximum absolute atomic E-state index is 10.7. The minimum atomic E-state index is -0.661. The Morgan fingerprint density at radius 2 is 1.95 bits per heavy atom. The zero-order valence-corrected chi connectivity index (χ0v) is 11.8. The molecule has 0 aliphatic heterocycles. The van der Waals surface area contributed by atoms with E-state index in [1.165, 1.54) is 16.8 Å². The van der Waals surface area contributed by atoms with Gasteiger partial charge in [-0.25, -0.2) is 0 Å². The first-order valence-corrected chi connectivity index (χ1v) is 7.10. The second-order valence-corrected chi connectivity index (χ2v) is 5.78. The molecule has 0 radical (unpaired) electrons. The van der Waals surface area contributed by atoms with Crippen molar-refractivity contribution in [2.75, 3.05) is 5.32 Å². The fraction of sp³-hybridized carbons (Fsp3) is 0.562. The normalized spacial score (nSPS) is 23.1. The molecule has 0 aromatic heterocycles. The summed E-state index contributed by atoms with van der Waals surface area (Å²) < 4.78 is 0. The Hall–Kier alpha value is -1.51. The van der Waals surface area contributed by atoms with Gasteiger partial charge in [0, 0.05) is 18.2 Å². The summed E-state index contributed by atoms with van der Waals surface area (Å²) in [6.45, 7) is 4.23. The van der Waals surface area contributed by atoms with Crippen molar-refractivity contribution in [3.8, 4) is 0 Å². The van der Waals surface area contributed by atoms with E-state index in [-0.39, 0.29) is 0 Å². The van der Waals surface area contributed by atoms with Crippen LogP contribution in [-0.4, -0.2) is 17.1 Å². The first-order valence-electron chi connectivity index (χ1n) is 7.10. The monoisotopic (exact) mass is 261 g/mol. The first kappa shape index (κ1) is 13.9. The van der Waals surface area contributed by atoms with Gasteiger partial charge in [0.2, 0.25) is 0 Å². The summed E-state index contributed by atoms with van der Waals surface area (Å²) in [7, 11) is 0. The molecule has 2 rings (SSSR count). The van der Waals surface area contributed by atoms with Crippen molar-refractivity contribution in [3.05, 3.63) is 29.3 Å². The van der Waals surface area contributed by atoms with Crippen LogP contribution in [0.5, 0.6) is 0 Å². The third-order valence-electron chi connectivity index (χ3n) is 4.06. The predicted molar refractivity (Wildman–Crippen MR) is 77.5 cm³/mol. The Morgan fingerprint density at radius 3 is 2.58 bits per heavy atom. The first-order chi connectivity index (χ1) is 9.04. The van der Waals surface area contributed by atoms with E-state index in [0.717, 1.165) is 25.7 Å². The van der Waals surface area contributed by atoms with Crippen LogP contribution in [0.25, 0.3) is 0 Å². The highest BCUT2D eigenvalue weighted by Gasteiger charge is 2.23. The summed E-state index contributed by atoms with van der Waals surface area (Å²) in [5.74, 6) is -0.292. The summed E-state index contributed by atoms with van der Waals surface area (Å²) in [5, 5.41) is 12.4. The standard InChI is InChI=1S/C16H23NO2/c1-11-3-4-12(2)15(9-11)17-14-7-5-13(6-8-14)10-16(18)19/h3-4,9,13-14,17H,5-8,10H2,1-2H3,(H,18,19). The van der Waals surface area contributed by atoms with Gasteiger partial charge in [0.1, 0.15) is 0 Å². The Bertz CT molecular complexity index is 448. The lowest BCUT2D eigenvalue weighted by molar-refractivity contribution is -0.138. The third kappa shape index (κ3) is 3.98. The SMILES string of the molecule is Cc1ccc(C)c(NC2CCC(CC(=O)O)CC2)c1. The van der Waals surface area contributed by atoms with Gasteiger partial charge in [0.25, 0.3) is 0 Å². The van der Waals surface area contributed by atoms with Crippen LogP contribution in [0.4, 0.5) is 5.69 Å². The molecule has 1 aromatic carbocycles. The van der Waals surface area contributed by atoms with E-state index >= 15 is 0 Å². The Labute approximate surface area is 115 Å². The second-order valence-electron chi connectivity index (χ2n) is 5.78. The van der Waals surface area contributed by atoms with Crippen molar-refractivity contribution in [1.82, 2.24) is 0 Å². The van der Waals surface area contributed by atoms with Gasteiger partial charge in [0.15, 0.2) is 0 Å². The lowest BCUT2D eigenvalue weighted by Crippen LogP contribution is -2.27. The summed E-state index contributed by atoms with van der Waals surface area (Å²) in [6.07, 6.45) is 4.52. The van der Waals surface area contributed by atoms with E-state index in [4.69, 9.17) is 5.11 Å². The molecule has 0 heterocycles. The molecule has 3 heteroatoms. The zero-order chi connectivity index (χ0) is 13.8. The highest BCUT2D eigenvalue weighted by atomic mass is 16.4. The summed E-state index contributed by atoms with van der Waals surface area (Å²) >= 11 is 0. The van der Waals surface area contributed by atoms with Gasteiger partial charge in [0.05, 0.1) is 0 Å². The molecule has 19 heavy (non-hydrogen) atoms. The average Bonchev–Trinajstić information content (AvgIpc) is 2.35. The van der Waals surface area contributed by atoms with Crippen molar-refractivity contribution in [2.24, 2.45) is 5.92 Å². The molecule has 0 saturated heterocycles. The minimum Gasteiger partial charge on any atom is -0.481 e. The van der Waals surface area contributed by atoms with Gasteiger partial charge in [-0.1, -0.05) is 12.1 Å². The Morgan fingerprint density at radius 1 is 1.26 bits per heavy atom. The molecule has 2 N–H and O–H groups in total. The quantitative estimate of drug-likeness (QED) is 0.867. The lowest BCUT2D eigenvalue weighted by atomic mass is 9.84. The van der Waals surface area contributed by atoms with Crippen LogP contribution >= 0.6 is 0 Å². The number of aryl methyl sites for hydroxylation is 2. The number of nitrogens with one attached hydrogen (secondary N) is 1. The van der Waals surface area contributed by atoms with Crippen molar-refractivity contribution >= 4 is 11.7 Å². The van der Waals surface area contributed by atoms with Gasteiger partial charge in [-0.2, -0.15) is 0 Å². The van der Waals surface area contributed by atoms with E-state index in [1.807, 2.05) is 0 Å². The molecule has 1 saturated carbocycles.